The third-order valence-electron chi connectivity index (χ3n) is 4.94. The zero-order valence-electron chi connectivity index (χ0n) is 18.2. The maximum absolute atomic E-state index is 13.2. The number of aromatic nitrogens is 2. The van der Waals surface area contributed by atoms with Gasteiger partial charge >= 0.3 is 5.69 Å². The van der Waals surface area contributed by atoms with E-state index >= 15 is 0 Å². The van der Waals surface area contributed by atoms with Gasteiger partial charge in [-0.05, 0) is 36.5 Å². The van der Waals surface area contributed by atoms with Gasteiger partial charge in [-0.2, -0.15) is 0 Å². The molecule has 0 spiro atoms. The number of anilines is 2. The van der Waals surface area contributed by atoms with Gasteiger partial charge in [-0.1, -0.05) is 39.3 Å². The number of amides is 1. The number of carbonyl (C=O) groups excluding carboxylic acids is 1. The molecular weight excluding hydrogens is 384 g/mol. The van der Waals surface area contributed by atoms with Crippen LogP contribution in [-0.4, -0.2) is 29.1 Å². The van der Waals surface area contributed by atoms with Gasteiger partial charge in [0.05, 0.1) is 13.5 Å². The van der Waals surface area contributed by atoms with Gasteiger partial charge in [-0.15, -0.1) is 0 Å². The molecule has 0 fully saturated rings. The standard InChI is InChI=1S/C22H32N4O4/c1-5-6-11-26-20(23)19(21(28)24-22(26)29)25(12-10-15(2)3)18(27)14-16-8-7-9-17(13-16)30-4/h7-9,13,15H,5-6,10-12,14,23H2,1-4H3,(H,24,28,29). The van der Waals surface area contributed by atoms with Crippen LogP contribution in [0.4, 0.5) is 11.5 Å². The largest absolute Gasteiger partial charge is 0.497 e. The van der Waals surface area contributed by atoms with Gasteiger partial charge in [0.15, 0.2) is 5.69 Å². The maximum atomic E-state index is 13.2. The summed E-state index contributed by atoms with van der Waals surface area (Å²) in [5.41, 5.74) is 5.84. The van der Waals surface area contributed by atoms with Gasteiger partial charge in [-0.25, -0.2) is 4.79 Å². The second-order valence-corrected chi connectivity index (χ2v) is 7.75. The Morgan fingerprint density at radius 2 is 2.03 bits per heavy atom. The van der Waals surface area contributed by atoms with E-state index in [-0.39, 0.29) is 23.8 Å². The molecular formula is C22H32N4O4. The van der Waals surface area contributed by atoms with Crippen LogP contribution >= 0.6 is 0 Å². The zero-order valence-corrected chi connectivity index (χ0v) is 18.2. The van der Waals surface area contributed by atoms with Crippen LogP contribution in [0.25, 0.3) is 0 Å². The van der Waals surface area contributed by atoms with Crippen molar-refractivity contribution in [2.24, 2.45) is 5.92 Å². The molecule has 0 aliphatic carbocycles. The van der Waals surface area contributed by atoms with Crippen LogP contribution in [-0.2, 0) is 17.8 Å². The Bertz CT molecular complexity index is 978. The quantitative estimate of drug-likeness (QED) is 0.618. The van der Waals surface area contributed by atoms with Crippen LogP contribution in [0.3, 0.4) is 0 Å². The number of methoxy groups -OCH3 is 1. The van der Waals surface area contributed by atoms with Crippen molar-refractivity contribution in [3.63, 3.8) is 0 Å². The molecule has 0 radical (unpaired) electrons. The molecule has 2 rings (SSSR count). The van der Waals surface area contributed by atoms with Crippen LogP contribution in [0.2, 0.25) is 0 Å². The Morgan fingerprint density at radius 1 is 1.30 bits per heavy atom. The summed E-state index contributed by atoms with van der Waals surface area (Å²) in [4.78, 5) is 41.9. The fraction of sp³-hybridized carbons (Fsp3) is 0.500. The molecule has 0 saturated carbocycles. The first-order valence-electron chi connectivity index (χ1n) is 10.3. The first kappa shape index (κ1) is 23.3. The lowest BCUT2D eigenvalue weighted by Crippen LogP contribution is -2.42. The van der Waals surface area contributed by atoms with Crippen LogP contribution in [0.15, 0.2) is 33.9 Å². The van der Waals surface area contributed by atoms with Crippen molar-refractivity contribution in [2.45, 2.75) is 53.0 Å². The van der Waals surface area contributed by atoms with E-state index in [1.54, 1.807) is 19.2 Å². The summed E-state index contributed by atoms with van der Waals surface area (Å²) in [6, 6.07) is 7.23. The van der Waals surface area contributed by atoms with Crippen molar-refractivity contribution in [1.82, 2.24) is 9.55 Å². The minimum Gasteiger partial charge on any atom is -0.497 e. The summed E-state index contributed by atoms with van der Waals surface area (Å²) < 4.78 is 6.56. The Morgan fingerprint density at radius 3 is 2.67 bits per heavy atom. The summed E-state index contributed by atoms with van der Waals surface area (Å²) in [7, 11) is 1.57. The highest BCUT2D eigenvalue weighted by atomic mass is 16.5. The number of carbonyl (C=O) groups is 1. The second kappa shape index (κ2) is 10.7. The second-order valence-electron chi connectivity index (χ2n) is 7.75. The van der Waals surface area contributed by atoms with E-state index in [9.17, 15) is 14.4 Å². The molecule has 2 aromatic rings. The van der Waals surface area contributed by atoms with Crippen molar-refractivity contribution in [1.29, 1.82) is 0 Å². The zero-order chi connectivity index (χ0) is 22.3. The molecule has 0 aliphatic rings. The fourth-order valence-corrected chi connectivity index (χ4v) is 3.18. The molecule has 0 saturated heterocycles. The van der Waals surface area contributed by atoms with Crippen molar-refractivity contribution in [3.8, 4) is 5.75 Å². The topological polar surface area (TPSA) is 110 Å². The van der Waals surface area contributed by atoms with E-state index in [1.165, 1.54) is 9.47 Å². The minimum absolute atomic E-state index is 0.0277. The first-order valence-corrected chi connectivity index (χ1v) is 10.3. The predicted octanol–water partition coefficient (Wildman–Crippen LogP) is 2.55. The summed E-state index contributed by atoms with van der Waals surface area (Å²) in [5, 5.41) is 0. The monoisotopic (exact) mass is 416 g/mol. The van der Waals surface area contributed by atoms with Crippen LogP contribution < -0.4 is 26.6 Å². The highest BCUT2D eigenvalue weighted by Gasteiger charge is 2.24. The molecule has 0 aliphatic heterocycles. The number of hydrogen-bond donors (Lipinski definition) is 2. The summed E-state index contributed by atoms with van der Waals surface area (Å²) in [6.45, 7) is 6.80. The lowest BCUT2D eigenvalue weighted by Gasteiger charge is -2.25. The van der Waals surface area contributed by atoms with Crippen LogP contribution in [0, 0.1) is 5.92 Å². The van der Waals surface area contributed by atoms with Gasteiger partial charge in [-0.3, -0.25) is 19.1 Å². The minimum atomic E-state index is -0.645. The molecule has 1 heterocycles. The number of nitrogen functional groups attached to an aromatic ring is 1. The van der Waals surface area contributed by atoms with E-state index in [4.69, 9.17) is 10.5 Å². The molecule has 164 valence electrons. The Labute approximate surface area is 176 Å². The number of aromatic amines is 1. The van der Waals surface area contributed by atoms with Gasteiger partial charge in [0.1, 0.15) is 11.6 Å². The van der Waals surface area contributed by atoms with E-state index < -0.39 is 11.2 Å². The lowest BCUT2D eigenvalue weighted by molar-refractivity contribution is -0.118. The molecule has 1 amide bonds. The molecule has 0 bridgehead atoms. The molecule has 30 heavy (non-hydrogen) atoms. The number of unbranched alkanes of at least 4 members (excludes halogenated alkanes) is 1. The number of rotatable bonds is 10. The third-order valence-corrected chi connectivity index (χ3v) is 4.94. The Balaban J connectivity index is 2.46. The Kier molecular flexibility index (Phi) is 8.26. The fourth-order valence-electron chi connectivity index (χ4n) is 3.18. The van der Waals surface area contributed by atoms with Crippen molar-refractivity contribution < 1.29 is 9.53 Å². The van der Waals surface area contributed by atoms with E-state index in [1.807, 2.05) is 32.9 Å². The number of ether oxygens (including phenoxy) is 1. The maximum Gasteiger partial charge on any atom is 0.330 e. The molecule has 0 atom stereocenters. The van der Waals surface area contributed by atoms with E-state index in [0.717, 1.165) is 18.4 Å². The van der Waals surface area contributed by atoms with Gasteiger partial charge in [0, 0.05) is 13.1 Å². The van der Waals surface area contributed by atoms with E-state index in [0.29, 0.717) is 31.2 Å². The lowest BCUT2D eigenvalue weighted by atomic mass is 10.1. The third kappa shape index (κ3) is 5.75. The summed E-state index contributed by atoms with van der Waals surface area (Å²) in [6.07, 6.45) is 2.38. The van der Waals surface area contributed by atoms with Crippen molar-refractivity contribution in [3.05, 3.63) is 50.7 Å². The van der Waals surface area contributed by atoms with Gasteiger partial charge in [0.25, 0.3) is 5.56 Å². The number of benzene rings is 1. The van der Waals surface area contributed by atoms with Crippen LogP contribution in [0.5, 0.6) is 5.75 Å². The number of nitrogens with zero attached hydrogens (tertiary/aromatic N) is 2. The number of nitrogens with one attached hydrogen (secondary N) is 1. The number of nitrogens with two attached hydrogens (primary N) is 1. The van der Waals surface area contributed by atoms with E-state index in [2.05, 4.69) is 4.98 Å². The summed E-state index contributed by atoms with van der Waals surface area (Å²) >= 11 is 0. The number of hydrogen-bond acceptors (Lipinski definition) is 5. The number of H-pyrrole nitrogens is 1. The van der Waals surface area contributed by atoms with Crippen LogP contribution in [0.1, 0.15) is 45.6 Å². The smallest absolute Gasteiger partial charge is 0.330 e. The first-order chi connectivity index (χ1) is 14.3. The molecule has 8 heteroatoms. The van der Waals surface area contributed by atoms with Gasteiger partial charge < -0.3 is 15.4 Å². The normalized spacial score (nSPS) is 11.0. The average Bonchev–Trinajstić information content (AvgIpc) is 2.69. The Hall–Kier alpha value is -3.03. The molecule has 0 unspecified atom stereocenters. The molecule has 8 nitrogen and oxygen atoms in total. The molecule has 1 aromatic carbocycles. The predicted molar refractivity (Wildman–Crippen MR) is 119 cm³/mol. The highest BCUT2D eigenvalue weighted by molar-refractivity contribution is 5.96. The molecule has 1 aromatic heterocycles. The van der Waals surface area contributed by atoms with Crippen molar-refractivity contribution >= 4 is 17.4 Å². The van der Waals surface area contributed by atoms with Gasteiger partial charge in [0.2, 0.25) is 5.91 Å². The SMILES string of the molecule is CCCCn1c(N)c(N(CCC(C)C)C(=O)Cc2cccc(OC)c2)c(=O)[nH]c1=O. The van der Waals surface area contributed by atoms with Crippen molar-refractivity contribution in [2.75, 3.05) is 24.3 Å². The average molecular weight is 417 g/mol. The summed E-state index contributed by atoms with van der Waals surface area (Å²) in [5.74, 6) is 0.740. The molecule has 3 N–H and O–H groups in total. The highest BCUT2D eigenvalue weighted by Crippen LogP contribution is 2.21.